The van der Waals surface area contributed by atoms with E-state index in [0.717, 1.165) is 0 Å². The summed E-state index contributed by atoms with van der Waals surface area (Å²) < 4.78 is 10.8. The highest BCUT2D eigenvalue weighted by atomic mass is 35.5. The van der Waals surface area contributed by atoms with Crippen molar-refractivity contribution in [1.29, 1.82) is 0 Å². The fourth-order valence-corrected chi connectivity index (χ4v) is 2.99. The maximum atomic E-state index is 12.6. The number of non-ortho nitro benzene ring substituents is 1. The minimum Gasteiger partial charge on any atom is -0.493 e. The Hall–Kier alpha value is -3.06. The van der Waals surface area contributed by atoms with E-state index < -0.39 is 4.92 Å². The summed E-state index contributed by atoms with van der Waals surface area (Å²) >= 11 is 6.25. The average Bonchev–Trinajstić information content (AvgIpc) is 2.72. The topological polar surface area (TPSA) is 81.9 Å². The number of nitrogens with zero attached hydrogens (tertiary/aromatic N) is 2. The Morgan fingerprint density at radius 1 is 1.34 bits per heavy atom. The number of nitro groups is 1. The van der Waals surface area contributed by atoms with Crippen molar-refractivity contribution in [1.82, 2.24) is 4.90 Å². The standard InChI is InChI=1S/C21H23ClN2O5/c1-5-29-21-18(22)11-15(12-19(21)28-4)9-10-20(25)23(3)14(2)16-7-6-8-17(13-16)24(26)27/h6-14H,5H2,1-4H3/b10-9+/t14-/m0/s1. The first-order chi connectivity index (χ1) is 13.8. The molecule has 2 aromatic rings. The SMILES string of the molecule is CCOc1c(Cl)cc(/C=C/C(=O)N(C)[C@@H](C)c2cccc([N+](=O)[O-])c2)cc1OC. The van der Waals surface area contributed by atoms with Crippen LogP contribution in [-0.2, 0) is 4.79 Å². The molecule has 0 radical (unpaired) electrons. The maximum absolute atomic E-state index is 12.6. The first-order valence-electron chi connectivity index (χ1n) is 8.98. The van der Waals surface area contributed by atoms with Crippen molar-refractivity contribution in [2.45, 2.75) is 19.9 Å². The van der Waals surface area contributed by atoms with Gasteiger partial charge < -0.3 is 14.4 Å². The molecule has 0 saturated heterocycles. The highest BCUT2D eigenvalue weighted by Gasteiger charge is 2.18. The zero-order chi connectivity index (χ0) is 21.6. The van der Waals surface area contributed by atoms with Gasteiger partial charge in [-0.25, -0.2) is 0 Å². The number of benzene rings is 2. The molecule has 1 amide bonds. The normalized spacial score (nSPS) is 11.9. The van der Waals surface area contributed by atoms with Crippen molar-refractivity contribution in [3.05, 3.63) is 68.7 Å². The van der Waals surface area contributed by atoms with Crippen LogP contribution < -0.4 is 9.47 Å². The van der Waals surface area contributed by atoms with Gasteiger partial charge in [-0.3, -0.25) is 14.9 Å². The quantitative estimate of drug-likeness (QED) is 0.346. The fourth-order valence-electron chi connectivity index (χ4n) is 2.72. The Balaban J connectivity index is 2.18. The first kappa shape index (κ1) is 22.2. The number of carbonyl (C=O) groups is 1. The highest BCUT2D eigenvalue weighted by molar-refractivity contribution is 6.32. The van der Waals surface area contributed by atoms with E-state index >= 15 is 0 Å². The summed E-state index contributed by atoms with van der Waals surface area (Å²) in [4.78, 5) is 24.6. The molecule has 8 heteroatoms. The number of likely N-dealkylation sites (N-methyl/N-ethyl adjacent to an activating group) is 1. The van der Waals surface area contributed by atoms with Gasteiger partial charge in [-0.05, 0) is 43.2 Å². The molecule has 0 unspecified atom stereocenters. The van der Waals surface area contributed by atoms with Crippen LogP contribution in [0.3, 0.4) is 0 Å². The van der Waals surface area contributed by atoms with Crippen molar-refractivity contribution in [3.8, 4) is 11.5 Å². The third-order valence-corrected chi connectivity index (χ3v) is 4.73. The molecule has 0 N–H and O–H groups in total. The molecule has 0 aliphatic heterocycles. The second kappa shape index (κ2) is 9.93. The van der Waals surface area contributed by atoms with Gasteiger partial charge in [0, 0.05) is 25.3 Å². The fraction of sp³-hybridized carbons (Fsp3) is 0.286. The number of rotatable bonds is 8. The zero-order valence-corrected chi connectivity index (χ0v) is 17.5. The summed E-state index contributed by atoms with van der Waals surface area (Å²) in [6, 6.07) is 9.31. The lowest BCUT2D eigenvalue weighted by Gasteiger charge is -2.24. The van der Waals surface area contributed by atoms with E-state index in [1.54, 1.807) is 37.4 Å². The Morgan fingerprint density at radius 2 is 2.07 bits per heavy atom. The molecule has 0 aliphatic carbocycles. The molecule has 29 heavy (non-hydrogen) atoms. The second-order valence-electron chi connectivity index (χ2n) is 6.28. The summed E-state index contributed by atoms with van der Waals surface area (Å²) in [5, 5.41) is 11.4. The third kappa shape index (κ3) is 5.48. The monoisotopic (exact) mass is 418 g/mol. The van der Waals surface area contributed by atoms with Gasteiger partial charge in [0.25, 0.3) is 5.69 Å². The van der Waals surface area contributed by atoms with Crippen LogP contribution in [0.15, 0.2) is 42.5 Å². The van der Waals surface area contributed by atoms with Gasteiger partial charge in [-0.15, -0.1) is 0 Å². The van der Waals surface area contributed by atoms with Crippen LogP contribution in [0, 0.1) is 10.1 Å². The summed E-state index contributed by atoms with van der Waals surface area (Å²) in [7, 11) is 3.16. The number of amides is 1. The Kier molecular flexibility index (Phi) is 7.61. The van der Waals surface area contributed by atoms with E-state index in [9.17, 15) is 14.9 Å². The van der Waals surface area contributed by atoms with Crippen molar-refractivity contribution >= 4 is 29.3 Å². The van der Waals surface area contributed by atoms with Gasteiger partial charge in [0.15, 0.2) is 11.5 Å². The summed E-state index contributed by atoms with van der Waals surface area (Å²) in [5.74, 6) is 0.675. The number of ether oxygens (including phenoxy) is 2. The van der Waals surface area contributed by atoms with Gasteiger partial charge >= 0.3 is 0 Å². The summed E-state index contributed by atoms with van der Waals surface area (Å²) in [5.41, 5.74) is 1.34. The lowest BCUT2D eigenvalue weighted by molar-refractivity contribution is -0.384. The number of hydrogen-bond donors (Lipinski definition) is 0. The third-order valence-electron chi connectivity index (χ3n) is 4.45. The van der Waals surface area contributed by atoms with Crippen LogP contribution in [0.2, 0.25) is 5.02 Å². The van der Waals surface area contributed by atoms with Gasteiger partial charge in [-0.1, -0.05) is 23.7 Å². The van der Waals surface area contributed by atoms with Crippen molar-refractivity contribution in [2.75, 3.05) is 20.8 Å². The Bertz CT molecular complexity index is 929. The molecule has 0 aliphatic rings. The smallest absolute Gasteiger partial charge is 0.269 e. The lowest BCUT2D eigenvalue weighted by Crippen LogP contribution is -2.28. The van der Waals surface area contributed by atoms with Crippen molar-refractivity contribution in [3.63, 3.8) is 0 Å². The second-order valence-corrected chi connectivity index (χ2v) is 6.68. The van der Waals surface area contributed by atoms with Crippen LogP contribution in [-0.4, -0.2) is 36.5 Å². The number of hydrogen-bond acceptors (Lipinski definition) is 5. The van der Waals surface area contributed by atoms with E-state index in [1.807, 2.05) is 13.8 Å². The van der Waals surface area contributed by atoms with Crippen LogP contribution in [0.1, 0.15) is 31.0 Å². The summed E-state index contributed by atoms with van der Waals surface area (Å²) in [6.45, 7) is 4.10. The van der Waals surface area contributed by atoms with Gasteiger partial charge in [0.1, 0.15) is 0 Å². The van der Waals surface area contributed by atoms with Gasteiger partial charge in [0.05, 0.1) is 29.7 Å². The van der Waals surface area contributed by atoms with Crippen LogP contribution in [0.25, 0.3) is 6.08 Å². The minimum atomic E-state index is -0.457. The first-order valence-corrected chi connectivity index (χ1v) is 9.35. The van der Waals surface area contributed by atoms with Crippen LogP contribution in [0.5, 0.6) is 11.5 Å². The van der Waals surface area contributed by atoms with E-state index in [-0.39, 0.29) is 17.6 Å². The molecule has 154 valence electrons. The van der Waals surface area contributed by atoms with E-state index in [2.05, 4.69) is 0 Å². The van der Waals surface area contributed by atoms with Gasteiger partial charge in [-0.2, -0.15) is 0 Å². The van der Waals surface area contributed by atoms with E-state index in [4.69, 9.17) is 21.1 Å². The molecule has 0 bridgehead atoms. The molecule has 0 heterocycles. The summed E-state index contributed by atoms with van der Waals surface area (Å²) in [6.07, 6.45) is 3.04. The molecule has 0 saturated carbocycles. The lowest BCUT2D eigenvalue weighted by atomic mass is 10.1. The predicted octanol–water partition coefficient (Wildman–Crippen LogP) is 4.89. The molecule has 2 aromatic carbocycles. The molecule has 0 spiro atoms. The zero-order valence-electron chi connectivity index (χ0n) is 16.7. The number of nitro benzene ring substituents is 1. The van der Waals surface area contributed by atoms with E-state index in [1.165, 1.54) is 30.2 Å². The molecule has 2 rings (SSSR count). The Labute approximate surface area is 174 Å². The molecule has 1 atom stereocenters. The molecular formula is C21H23ClN2O5. The van der Waals surface area contributed by atoms with Gasteiger partial charge in [0.2, 0.25) is 5.91 Å². The van der Waals surface area contributed by atoms with Crippen LogP contribution in [0.4, 0.5) is 5.69 Å². The minimum absolute atomic E-state index is 0.0122. The number of methoxy groups -OCH3 is 1. The molecule has 7 nitrogen and oxygen atoms in total. The Morgan fingerprint density at radius 3 is 2.69 bits per heavy atom. The van der Waals surface area contributed by atoms with Crippen molar-refractivity contribution < 1.29 is 19.2 Å². The van der Waals surface area contributed by atoms with Crippen molar-refractivity contribution in [2.24, 2.45) is 0 Å². The average molecular weight is 419 g/mol. The molecule has 0 aromatic heterocycles. The molecule has 0 fully saturated rings. The van der Waals surface area contributed by atoms with E-state index in [0.29, 0.717) is 34.3 Å². The largest absolute Gasteiger partial charge is 0.493 e. The number of carbonyl (C=O) groups excluding carboxylic acids is 1. The molecular weight excluding hydrogens is 396 g/mol. The number of halogens is 1. The van der Waals surface area contributed by atoms with Crippen LogP contribution >= 0.6 is 11.6 Å². The highest BCUT2D eigenvalue weighted by Crippen LogP contribution is 2.36. The predicted molar refractivity (Wildman–Crippen MR) is 112 cm³/mol. The maximum Gasteiger partial charge on any atom is 0.269 e.